The summed E-state index contributed by atoms with van der Waals surface area (Å²) in [5, 5.41) is 2.73. The summed E-state index contributed by atoms with van der Waals surface area (Å²) < 4.78 is 26.4. The topological polar surface area (TPSA) is 101 Å². The van der Waals surface area contributed by atoms with Crippen molar-refractivity contribution < 1.29 is 13.2 Å². The van der Waals surface area contributed by atoms with E-state index in [0.717, 1.165) is 31.2 Å². The summed E-state index contributed by atoms with van der Waals surface area (Å²) in [5.74, 6) is 0. The molecule has 7 heteroatoms. The Morgan fingerprint density at radius 3 is 2.20 bits per heavy atom. The van der Waals surface area contributed by atoms with E-state index in [2.05, 4.69) is 23.9 Å². The Kier molecular flexibility index (Phi) is 9.52. The Hall–Kier alpha value is -1.60. The average molecular weight is 370 g/mol. The maximum Gasteiger partial charge on any atom is 0.328 e. The van der Waals surface area contributed by atoms with E-state index in [-0.39, 0.29) is 10.9 Å². The Bertz CT molecular complexity index is 609. The van der Waals surface area contributed by atoms with Crippen LogP contribution in [0.4, 0.5) is 4.79 Å². The average Bonchev–Trinajstić information content (AvgIpc) is 2.57. The first-order chi connectivity index (χ1) is 11.9. The van der Waals surface area contributed by atoms with E-state index < -0.39 is 16.1 Å². The molecule has 0 radical (unpaired) electrons. The molecule has 1 aromatic rings. The minimum absolute atomic E-state index is 0.0656. The van der Waals surface area contributed by atoms with E-state index in [0.29, 0.717) is 13.0 Å². The van der Waals surface area contributed by atoms with Gasteiger partial charge in [0.2, 0.25) is 0 Å². The standard InChI is InChI=1S/C15H23N3O3S.C3H8/c16-11-10-12-6-8-14(9-7-12)22(20,21)18-15(19)17-13-4-2-1-3-5-13;1-3-2/h6-9,13H,1-5,10-11,16H2,(H2,17,18,19);3H2,1-2H3. The number of hydrogen-bond acceptors (Lipinski definition) is 4. The second kappa shape index (κ2) is 11.1. The molecule has 0 aliphatic heterocycles. The molecule has 2 rings (SSSR count). The fourth-order valence-electron chi connectivity index (χ4n) is 2.64. The number of carbonyl (C=O) groups is 1. The summed E-state index contributed by atoms with van der Waals surface area (Å²) in [5.41, 5.74) is 6.42. The van der Waals surface area contributed by atoms with Crippen LogP contribution in [0.15, 0.2) is 29.2 Å². The Morgan fingerprint density at radius 2 is 1.68 bits per heavy atom. The van der Waals surface area contributed by atoms with Gasteiger partial charge in [-0.1, -0.05) is 51.7 Å². The highest BCUT2D eigenvalue weighted by molar-refractivity contribution is 7.90. The van der Waals surface area contributed by atoms with Gasteiger partial charge in [-0.2, -0.15) is 0 Å². The summed E-state index contributed by atoms with van der Waals surface area (Å²) in [6.07, 6.45) is 7.06. The molecule has 25 heavy (non-hydrogen) atoms. The van der Waals surface area contributed by atoms with Gasteiger partial charge in [-0.25, -0.2) is 17.9 Å². The zero-order chi connectivity index (χ0) is 18.7. The van der Waals surface area contributed by atoms with Crippen LogP contribution in [0.1, 0.15) is 57.9 Å². The molecular formula is C18H31N3O3S. The van der Waals surface area contributed by atoms with Crippen LogP contribution in [0, 0.1) is 0 Å². The Labute approximate surface area is 151 Å². The largest absolute Gasteiger partial charge is 0.335 e. The van der Waals surface area contributed by atoms with E-state index in [1.54, 1.807) is 12.1 Å². The van der Waals surface area contributed by atoms with E-state index in [4.69, 9.17) is 5.73 Å². The van der Waals surface area contributed by atoms with Gasteiger partial charge in [0.1, 0.15) is 0 Å². The predicted molar refractivity (Wildman–Crippen MR) is 101 cm³/mol. The van der Waals surface area contributed by atoms with Crippen molar-refractivity contribution in [1.82, 2.24) is 10.0 Å². The lowest BCUT2D eigenvalue weighted by Crippen LogP contribution is -2.45. The second-order valence-electron chi connectivity index (χ2n) is 6.30. The number of hydrogen-bond donors (Lipinski definition) is 3. The van der Waals surface area contributed by atoms with Crippen LogP contribution in [0.3, 0.4) is 0 Å². The molecule has 0 saturated heterocycles. The number of carbonyl (C=O) groups excluding carboxylic acids is 1. The molecule has 2 amide bonds. The van der Waals surface area contributed by atoms with E-state index in [1.165, 1.54) is 25.0 Å². The summed E-state index contributed by atoms with van der Waals surface area (Å²) in [7, 11) is -3.84. The molecule has 0 spiro atoms. The van der Waals surface area contributed by atoms with Crippen molar-refractivity contribution in [1.29, 1.82) is 0 Å². The first-order valence-corrected chi connectivity index (χ1v) is 10.5. The van der Waals surface area contributed by atoms with Gasteiger partial charge in [0.25, 0.3) is 10.0 Å². The molecule has 0 aromatic heterocycles. The van der Waals surface area contributed by atoms with Crippen molar-refractivity contribution in [3.05, 3.63) is 29.8 Å². The number of nitrogens with one attached hydrogen (secondary N) is 2. The van der Waals surface area contributed by atoms with Gasteiger partial charge in [0.05, 0.1) is 4.90 Å². The van der Waals surface area contributed by atoms with E-state index in [1.807, 2.05) is 0 Å². The van der Waals surface area contributed by atoms with Crippen LogP contribution in [0.5, 0.6) is 0 Å². The van der Waals surface area contributed by atoms with Crippen LogP contribution in [-0.2, 0) is 16.4 Å². The Balaban J connectivity index is 0.000000970. The molecule has 1 aromatic carbocycles. The molecule has 0 atom stereocenters. The first-order valence-electron chi connectivity index (χ1n) is 9.05. The molecule has 4 N–H and O–H groups in total. The fourth-order valence-corrected chi connectivity index (χ4v) is 3.56. The maximum absolute atomic E-state index is 12.2. The van der Waals surface area contributed by atoms with Gasteiger partial charge < -0.3 is 11.1 Å². The number of amides is 2. The molecule has 0 bridgehead atoms. The van der Waals surface area contributed by atoms with Gasteiger partial charge in [-0.05, 0) is 43.5 Å². The first kappa shape index (κ1) is 21.4. The van der Waals surface area contributed by atoms with Gasteiger partial charge in [-0.3, -0.25) is 0 Å². The summed E-state index contributed by atoms with van der Waals surface area (Å²) >= 11 is 0. The summed E-state index contributed by atoms with van der Waals surface area (Å²) in [6, 6.07) is 5.80. The van der Waals surface area contributed by atoms with Crippen LogP contribution < -0.4 is 15.8 Å². The van der Waals surface area contributed by atoms with E-state index >= 15 is 0 Å². The lowest BCUT2D eigenvalue weighted by atomic mass is 9.96. The third kappa shape index (κ3) is 7.88. The Morgan fingerprint density at radius 1 is 1.12 bits per heavy atom. The van der Waals surface area contributed by atoms with Crippen LogP contribution >= 0.6 is 0 Å². The number of rotatable bonds is 5. The second-order valence-corrected chi connectivity index (χ2v) is 7.99. The molecule has 6 nitrogen and oxygen atoms in total. The van der Waals surface area contributed by atoms with Crippen molar-refractivity contribution >= 4 is 16.1 Å². The molecule has 142 valence electrons. The van der Waals surface area contributed by atoms with Gasteiger partial charge in [0, 0.05) is 6.04 Å². The van der Waals surface area contributed by atoms with Crippen LogP contribution in [-0.4, -0.2) is 27.0 Å². The summed E-state index contributed by atoms with van der Waals surface area (Å²) in [6.45, 7) is 4.76. The molecule has 0 unspecified atom stereocenters. The lowest BCUT2D eigenvalue weighted by molar-refractivity contribution is 0.237. The smallest absolute Gasteiger partial charge is 0.328 e. The highest BCUT2D eigenvalue weighted by Gasteiger charge is 2.20. The number of urea groups is 1. The minimum Gasteiger partial charge on any atom is -0.335 e. The zero-order valence-corrected chi connectivity index (χ0v) is 16.1. The molecule has 1 aliphatic carbocycles. The van der Waals surface area contributed by atoms with Crippen molar-refractivity contribution in [3.8, 4) is 0 Å². The molecule has 1 fully saturated rings. The minimum atomic E-state index is -3.84. The normalized spacial score (nSPS) is 15.0. The number of sulfonamides is 1. The van der Waals surface area contributed by atoms with Gasteiger partial charge >= 0.3 is 6.03 Å². The summed E-state index contributed by atoms with van der Waals surface area (Å²) in [4.78, 5) is 11.9. The fraction of sp³-hybridized carbons (Fsp3) is 0.611. The third-order valence-corrected chi connectivity index (χ3v) is 5.18. The van der Waals surface area contributed by atoms with Gasteiger partial charge in [-0.15, -0.1) is 0 Å². The lowest BCUT2D eigenvalue weighted by Gasteiger charge is -2.22. The zero-order valence-electron chi connectivity index (χ0n) is 15.3. The van der Waals surface area contributed by atoms with E-state index in [9.17, 15) is 13.2 Å². The van der Waals surface area contributed by atoms with Crippen molar-refractivity contribution in [2.75, 3.05) is 6.54 Å². The highest BCUT2D eigenvalue weighted by atomic mass is 32.2. The SMILES string of the molecule is CCC.NCCc1ccc(S(=O)(=O)NC(=O)NC2CCCCC2)cc1. The van der Waals surface area contributed by atoms with Crippen molar-refractivity contribution in [3.63, 3.8) is 0 Å². The monoisotopic (exact) mass is 369 g/mol. The third-order valence-electron chi connectivity index (χ3n) is 3.83. The number of benzene rings is 1. The predicted octanol–water partition coefficient (Wildman–Crippen LogP) is 2.92. The molecular weight excluding hydrogens is 338 g/mol. The number of nitrogens with two attached hydrogens (primary N) is 1. The van der Waals surface area contributed by atoms with Crippen LogP contribution in [0.2, 0.25) is 0 Å². The quantitative estimate of drug-likeness (QED) is 0.742. The van der Waals surface area contributed by atoms with Crippen LogP contribution in [0.25, 0.3) is 0 Å². The van der Waals surface area contributed by atoms with Crippen molar-refractivity contribution in [2.24, 2.45) is 5.73 Å². The highest BCUT2D eigenvalue weighted by Crippen LogP contribution is 2.17. The molecule has 0 heterocycles. The molecule has 1 aliphatic rings. The molecule has 1 saturated carbocycles. The maximum atomic E-state index is 12.2. The van der Waals surface area contributed by atoms with Crippen molar-refractivity contribution in [2.45, 2.75) is 69.7 Å². The van der Waals surface area contributed by atoms with Gasteiger partial charge in [0.15, 0.2) is 0 Å².